The van der Waals surface area contributed by atoms with Crippen LogP contribution in [0.1, 0.15) is 207 Å². The second kappa shape index (κ2) is 36.3. The van der Waals surface area contributed by atoms with Crippen LogP contribution >= 0.6 is 46.0 Å². The molecule has 0 heterocycles. The van der Waals surface area contributed by atoms with E-state index in [0.29, 0.717) is 0 Å². The quantitative estimate of drug-likeness (QED) is 0.0391. The number of hydrogen-bond donors (Lipinski definition) is 0. The lowest BCUT2D eigenvalue weighted by Gasteiger charge is -2.25. The summed E-state index contributed by atoms with van der Waals surface area (Å²) in [5.41, 5.74) is 0. The maximum absolute atomic E-state index is 5.81. The fourth-order valence-corrected chi connectivity index (χ4v) is 8.84. The molecule has 6 heteroatoms. The molecule has 2 nitrogen and oxygen atoms in total. The average Bonchev–Trinajstić information content (AvgIpc) is 3.03. The first-order valence-corrected chi connectivity index (χ1v) is 22.5. The van der Waals surface area contributed by atoms with E-state index < -0.39 is 0 Å². The monoisotopic (exact) mass is 688 g/mol. The first-order valence-electron chi connectivity index (χ1n) is 19.5. The maximum atomic E-state index is 5.81. The molecule has 0 radical (unpaired) electrons. The summed E-state index contributed by atoms with van der Waals surface area (Å²) < 4.78 is 2.00. The third-order valence-electron chi connectivity index (χ3n) is 9.03. The normalized spacial score (nSPS) is 11.3. The molecule has 0 aliphatic rings. The van der Waals surface area contributed by atoms with Gasteiger partial charge in [0.15, 0.2) is 0 Å². The zero-order valence-electron chi connectivity index (χ0n) is 30.2. The van der Waals surface area contributed by atoms with Gasteiger partial charge in [-0.1, -0.05) is 205 Å². The molecule has 0 atom stereocenters. The smallest absolute Gasteiger partial charge is 0.147 e. The second-order valence-electron chi connectivity index (χ2n) is 13.1. The van der Waals surface area contributed by atoms with Crippen molar-refractivity contribution < 1.29 is 0 Å². The molecule has 0 saturated carbocycles. The molecule has 0 aliphatic carbocycles. The summed E-state index contributed by atoms with van der Waals surface area (Å²) >= 11 is 11.6. The molecule has 44 heavy (non-hydrogen) atoms. The molecule has 0 fully saturated rings. The van der Waals surface area contributed by atoms with Gasteiger partial charge in [-0.25, -0.2) is 0 Å². The van der Waals surface area contributed by atoms with Crippen LogP contribution in [-0.4, -0.2) is 44.6 Å². The molecule has 0 spiro atoms. The van der Waals surface area contributed by atoms with Gasteiger partial charge in [-0.15, -0.1) is 0 Å². The highest BCUT2D eigenvalue weighted by atomic mass is 33.1. The molecule has 0 aliphatic heterocycles. The van der Waals surface area contributed by atoms with Gasteiger partial charge < -0.3 is 9.80 Å². The number of hydrogen-bond acceptors (Lipinski definition) is 4. The Morgan fingerprint density at radius 1 is 0.341 bits per heavy atom. The average molecular weight is 689 g/mol. The van der Waals surface area contributed by atoms with Gasteiger partial charge in [-0.3, -0.25) is 0 Å². The zero-order chi connectivity index (χ0) is 32.4. The molecule has 0 aromatic carbocycles. The van der Waals surface area contributed by atoms with Gasteiger partial charge in [0.05, 0.1) is 0 Å². The van der Waals surface area contributed by atoms with Crippen LogP contribution < -0.4 is 0 Å². The fraction of sp³-hybridized carbons (Fsp3) is 0.947. The molecule has 0 unspecified atom stereocenters. The zero-order valence-corrected chi connectivity index (χ0v) is 33.4. The van der Waals surface area contributed by atoms with Crippen LogP contribution in [-0.2, 0) is 0 Å². The van der Waals surface area contributed by atoms with Crippen LogP contribution in [0.15, 0.2) is 0 Å². The summed E-state index contributed by atoms with van der Waals surface area (Å²) in [7, 11) is 3.40. The fourth-order valence-electron chi connectivity index (χ4n) is 5.93. The van der Waals surface area contributed by atoms with Crippen LogP contribution in [0.5, 0.6) is 0 Å². The van der Waals surface area contributed by atoms with Crippen LogP contribution in [0.25, 0.3) is 0 Å². The van der Waals surface area contributed by atoms with E-state index in [1.54, 1.807) is 21.6 Å². The Kier molecular flexibility index (Phi) is 36.7. The molecule has 0 amide bonds. The number of thiocarbonyl (C=S) groups is 2. The number of unbranched alkanes of at least 4 members (excludes halogenated alkanes) is 26. The topological polar surface area (TPSA) is 6.48 Å². The van der Waals surface area contributed by atoms with E-state index in [4.69, 9.17) is 24.4 Å². The van der Waals surface area contributed by atoms with Gasteiger partial charge in [0, 0.05) is 26.2 Å². The van der Waals surface area contributed by atoms with Gasteiger partial charge >= 0.3 is 0 Å². The van der Waals surface area contributed by atoms with Crippen LogP contribution in [0.2, 0.25) is 0 Å². The van der Waals surface area contributed by atoms with Gasteiger partial charge in [0.25, 0.3) is 0 Å². The summed E-state index contributed by atoms with van der Waals surface area (Å²) in [6.07, 6.45) is 39.3. The minimum Gasteiger partial charge on any atom is -0.357 e. The summed E-state index contributed by atoms with van der Waals surface area (Å²) in [6, 6.07) is 0. The Morgan fingerprint density at radius 2 is 0.545 bits per heavy atom. The molecular weight excluding hydrogens is 613 g/mol. The summed E-state index contributed by atoms with van der Waals surface area (Å²) in [5.74, 6) is 0. The van der Waals surface area contributed by atoms with E-state index >= 15 is 0 Å². The van der Waals surface area contributed by atoms with Crippen molar-refractivity contribution in [2.75, 3.05) is 26.2 Å². The molecule has 0 N–H and O–H groups in total. The van der Waals surface area contributed by atoms with Crippen LogP contribution in [0.3, 0.4) is 0 Å². The van der Waals surface area contributed by atoms with Crippen LogP contribution in [0, 0.1) is 0 Å². The summed E-state index contributed by atoms with van der Waals surface area (Å²) in [4.78, 5) is 4.75. The van der Waals surface area contributed by atoms with Crippen molar-refractivity contribution in [1.29, 1.82) is 0 Å². The predicted molar refractivity (Wildman–Crippen MR) is 215 cm³/mol. The van der Waals surface area contributed by atoms with Crippen molar-refractivity contribution >= 4 is 54.7 Å². The Morgan fingerprint density at radius 3 is 0.750 bits per heavy atom. The lowest BCUT2D eigenvalue weighted by Crippen LogP contribution is -2.30. The Bertz CT molecular complexity index is 564. The van der Waals surface area contributed by atoms with E-state index in [-0.39, 0.29) is 0 Å². The minimum absolute atomic E-state index is 0.994. The van der Waals surface area contributed by atoms with E-state index in [9.17, 15) is 0 Å². The summed E-state index contributed by atoms with van der Waals surface area (Å²) in [6.45, 7) is 13.2. The van der Waals surface area contributed by atoms with Gasteiger partial charge in [-0.05, 0) is 48.3 Å². The first kappa shape index (κ1) is 44.5. The van der Waals surface area contributed by atoms with E-state index in [0.717, 1.165) is 34.8 Å². The highest BCUT2D eigenvalue weighted by Gasteiger charge is 2.13. The first-order chi connectivity index (χ1) is 21.6. The molecule has 0 aromatic rings. The van der Waals surface area contributed by atoms with Gasteiger partial charge in [0.2, 0.25) is 0 Å². The minimum atomic E-state index is 0.994. The van der Waals surface area contributed by atoms with Gasteiger partial charge in [0.1, 0.15) is 8.64 Å². The Hall–Kier alpha value is 0.480. The molecule has 0 rings (SSSR count). The van der Waals surface area contributed by atoms with Crippen molar-refractivity contribution in [3.8, 4) is 0 Å². The largest absolute Gasteiger partial charge is 0.357 e. The predicted octanol–water partition coefficient (Wildman–Crippen LogP) is 14.5. The number of rotatable bonds is 32. The lowest BCUT2D eigenvalue weighted by atomic mass is 10.0. The van der Waals surface area contributed by atoms with Crippen LogP contribution in [0.4, 0.5) is 0 Å². The van der Waals surface area contributed by atoms with Crippen molar-refractivity contribution in [3.05, 3.63) is 0 Å². The maximum Gasteiger partial charge on any atom is 0.147 e. The molecular formula is C38H76N2S4. The molecule has 262 valence electrons. The van der Waals surface area contributed by atoms with E-state index in [1.807, 2.05) is 0 Å². The standard InChI is InChI=1S/C38H76N2S4/c1-5-9-11-13-15-17-19-21-23-25-27-29-31-33-35-39(7-3)37(41)43-44-38(42)40(8-4)36-34-32-30-28-26-24-22-20-18-16-14-12-10-6-2/h5-36H2,1-4H3. The number of nitrogens with zero attached hydrogens (tertiary/aromatic N) is 2. The highest BCUT2D eigenvalue weighted by molar-refractivity contribution is 8.89. The third-order valence-corrected chi connectivity index (χ3v) is 12.8. The van der Waals surface area contributed by atoms with Crippen molar-refractivity contribution in [3.63, 3.8) is 0 Å². The van der Waals surface area contributed by atoms with E-state index in [2.05, 4.69) is 37.5 Å². The lowest BCUT2D eigenvalue weighted by molar-refractivity contribution is 0.429. The Labute approximate surface area is 296 Å². The molecule has 0 saturated heterocycles. The Balaban J connectivity index is 3.75. The van der Waals surface area contributed by atoms with E-state index in [1.165, 1.54) is 180 Å². The second-order valence-corrected chi connectivity index (χ2v) is 16.4. The summed E-state index contributed by atoms with van der Waals surface area (Å²) in [5, 5.41) is 0. The molecule has 0 aromatic heterocycles. The SMILES string of the molecule is CCCCCCCCCCCCCCCCN(CC)C(=S)SSC(=S)N(CC)CCCCCCCCCCCCCCCC. The van der Waals surface area contributed by atoms with Gasteiger partial charge in [-0.2, -0.15) is 0 Å². The van der Waals surface area contributed by atoms with Crippen molar-refractivity contribution in [2.24, 2.45) is 0 Å². The molecule has 0 bridgehead atoms. The highest BCUT2D eigenvalue weighted by Crippen LogP contribution is 2.29. The third kappa shape index (κ3) is 29.9. The van der Waals surface area contributed by atoms with Crippen molar-refractivity contribution in [2.45, 2.75) is 207 Å². The van der Waals surface area contributed by atoms with Crippen molar-refractivity contribution in [1.82, 2.24) is 9.80 Å².